The molecule has 0 unspecified atom stereocenters. The van der Waals surface area contributed by atoms with Crippen LogP contribution in [0.1, 0.15) is 12.5 Å². The van der Waals surface area contributed by atoms with Crippen LogP contribution in [0.15, 0.2) is 71.6 Å². The molecule has 3 rings (SSSR count). The Morgan fingerprint density at radius 3 is 2.47 bits per heavy atom. The fourth-order valence-electron chi connectivity index (χ4n) is 3.27. The maximum absolute atomic E-state index is 13.9. The number of halogens is 3. The summed E-state index contributed by atoms with van der Waals surface area (Å²) < 4.78 is 47.6. The minimum Gasteiger partial charge on any atom is -0.492 e. The summed E-state index contributed by atoms with van der Waals surface area (Å²) in [6.45, 7) is 1.91. The average molecular weight is 572 g/mol. The van der Waals surface area contributed by atoms with Crippen LogP contribution < -0.4 is 14.4 Å². The highest BCUT2D eigenvalue weighted by molar-refractivity contribution is 7.98. The molecule has 0 fully saturated rings. The zero-order valence-electron chi connectivity index (χ0n) is 19.4. The minimum absolute atomic E-state index is 0.0108. The first-order valence-corrected chi connectivity index (χ1v) is 14.4. The second kappa shape index (κ2) is 13.2. The van der Waals surface area contributed by atoms with Crippen molar-refractivity contribution < 1.29 is 22.3 Å². The molecule has 0 aliphatic carbocycles. The lowest BCUT2D eigenvalue weighted by Crippen LogP contribution is -2.41. The Labute approximate surface area is 224 Å². The summed E-state index contributed by atoms with van der Waals surface area (Å²) >= 11 is 13.4. The Hall–Kier alpha value is -2.46. The summed E-state index contributed by atoms with van der Waals surface area (Å²) in [4.78, 5) is 12.8. The minimum atomic E-state index is -4.12. The molecular formula is C25H25Cl2FN2O4S2. The maximum atomic E-state index is 13.9. The fourth-order valence-corrected chi connectivity index (χ4v) is 6.02. The van der Waals surface area contributed by atoms with Crippen LogP contribution in [0, 0.1) is 5.82 Å². The van der Waals surface area contributed by atoms with Gasteiger partial charge in [0.05, 0.1) is 17.2 Å². The molecule has 3 aromatic carbocycles. The lowest BCUT2D eigenvalue weighted by atomic mass is 10.2. The Morgan fingerprint density at radius 2 is 1.78 bits per heavy atom. The summed E-state index contributed by atoms with van der Waals surface area (Å²) in [6.07, 6.45) is 0. The van der Waals surface area contributed by atoms with E-state index in [-0.39, 0.29) is 22.9 Å². The predicted molar refractivity (Wildman–Crippen MR) is 144 cm³/mol. The number of thioether (sulfide) groups is 1. The van der Waals surface area contributed by atoms with Gasteiger partial charge in [-0.05, 0) is 55.5 Å². The molecule has 1 N–H and O–H groups in total. The van der Waals surface area contributed by atoms with E-state index in [1.165, 1.54) is 42.1 Å². The van der Waals surface area contributed by atoms with Crippen molar-refractivity contribution in [3.8, 4) is 5.75 Å². The maximum Gasteiger partial charge on any atom is 0.264 e. The number of para-hydroxylation sites is 2. The monoisotopic (exact) mass is 570 g/mol. The Morgan fingerprint density at radius 1 is 1.06 bits per heavy atom. The number of nitrogens with zero attached hydrogens (tertiary/aromatic N) is 1. The number of nitrogens with one attached hydrogen (secondary N) is 1. The molecular weight excluding hydrogens is 546 g/mol. The predicted octanol–water partition coefficient (Wildman–Crippen LogP) is 5.78. The number of anilines is 1. The van der Waals surface area contributed by atoms with Gasteiger partial charge in [0.25, 0.3) is 10.0 Å². The van der Waals surface area contributed by atoms with Gasteiger partial charge in [-0.3, -0.25) is 9.10 Å². The number of ether oxygens (including phenoxy) is 1. The summed E-state index contributed by atoms with van der Waals surface area (Å²) in [6, 6.07) is 16.8. The van der Waals surface area contributed by atoms with E-state index in [9.17, 15) is 17.6 Å². The van der Waals surface area contributed by atoms with Crippen LogP contribution in [0.5, 0.6) is 5.75 Å². The molecule has 11 heteroatoms. The average Bonchev–Trinajstić information content (AvgIpc) is 2.85. The molecule has 6 nitrogen and oxygen atoms in total. The smallest absolute Gasteiger partial charge is 0.264 e. The van der Waals surface area contributed by atoms with Gasteiger partial charge in [0.1, 0.15) is 18.1 Å². The first-order valence-electron chi connectivity index (χ1n) is 11.0. The lowest BCUT2D eigenvalue weighted by molar-refractivity contribution is -0.119. The number of carbonyl (C=O) groups is 1. The third-order valence-corrected chi connectivity index (χ3v) is 8.36. The molecule has 36 heavy (non-hydrogen) atoms. The molecule has 0 spiro atoms. The zero-order valence-corrected chi connectivity index (χ0v) is 22.6. The Kier molecular flexibility index (Phi) is 10.3. The van der Waals surface area contributed by atoms with Crippen molar-refractivity contribution in [3.63, 3.8) is 0 Å². The van der Waals surface area contributed by atoms with Gasteiger partial charge in [-0.15, -0.1) is 0 Å². The number of hydrogen-bond acceptors (Lipinski definition) is 5. The second-order valence-electron chi connectivity index (χ2n) is 7.47. The van der Waals surface area contributed by atoms with Crippen LogP contribution in [0.3, 0.4) is 0 Å². The van der Waals surface area contributed by atoms with Crippen LogP contribution in [-0.4, -0.2) is 39.8 Å². The molecule has 0 heterocycles. The van der Waals surface area contributed by atoms with Gasteiger partial charge in [-0.1, -0.05) is 41.4 Å². The third kappa shape index (κ3) is 7.29. The molecule has 0 saturated heterocycles. The summed E-state index contributed by atoms with van der Waals surface area (Å²) in [5.74, 6) is 0.289. The summed E-state index contributed by atoms with van der Waals surface area (Å²) in [5.41, 5.74) is 0.649. The second-order valence-corrected chi connectivity index (χ2v) is 11.3. The normalized spacial score (nSPS) is 11.2. The van der Waals surface area contributed by atoms with Crippen molar-refractivity contribution in [1.29, 1.82) is 0 Å². The van der Waals surface area contributed by atoms with E-state index in [2.05, 4.69) is 5.32 Å². The van der Waals surface area contributed by atoms with Crippen molar-refractivity contribution in [3.05, 3.63) is 88.2 Å². The van der Waals surface area contributed by atoms with Crippen LogP contribution in [0.25, 0.3) is 0 Å². The van der Waals surface area contributed by atoms with E-state index in [1.54, 1.807) is 43.3 Å². The van der Waals surface area contributed by atoms with Crippen molar-refractivity contribution in [2.24, 2.45) is 0 Å². The first kappa shape index (κ1) is 28.1. The molecule has 192 valence electrons. The van der Waals surface area contributed by atoms with Gasteiger partial charge >= 0.3 is 0 Å². The van der Waals surface area contributed by atoms with E-state index < -0.39 is 22.5 Å². The molecule has 3 aromatic rings. The number of amides is 1. The number of sulfonamides is 1. The van der Waals surface area contributed by atoms with Crippen LogP contribution in [0.2, 0.25) is 10.0 Å². The molecule has 0 atom stereocenters. The third-order valence-electron chi connectivity index (χ3n) is 5.00. The molecule has 0 radical (unpaired) electrons. The lowest BCUT2D eigenvalue weighted by Gasteiger charge is -2.26. The van der Waals surface area contributed by atoms with Gasteiger partial charge in [0, 0.05) is 33.7 Å². The van der Waals surface area contributed by atoms with Crippen LogP contribution in [0.4, 0.5) is 10.1 Å². The first-order chi connectivity index (χ1) is 17.2. The molecule has 0 saturated carbocycles. The van der Waals surface area contributed by atoms with Gasteiger partial charge in [0.15, 0.2) is 0 Å². The summed E-state index contributed by atoms with van der Waals surface area (Å²) in [7, 11) is -4.12. The van der Waals surface area contributed by atoms with Crippen LogP contribution >= 0.6 is 35.0 Å². The highest BCUT2D eigenvalue weighted by atomic mass is 35.5. The Balaban J connectivity index is 1.71. The van der Waals surface area contributed by atoms with Crippen molar-refractivity contribution in [2.75, 3.05) is 29.8 Å². The largest absolute Gasteiger partial charge is 0.492 e. The van der Waals surface area contributed by atoms with E-state index in [1.807, 2.05) is 0 Å². The number of benzene rings is 3. The van der Waals surface area contributed by atoms with Crippen molar-refractivity contribution in [1.82, 2.24) is 5.32 Å². The van der Waals surface area contributed by atoms with Crippen molar-refractivity contribution in [2.45, 2.75) is 17.6 Å². The quantitative estimate of drug-likeness (QED) is 0.279. The highest BCUT2D eigenvalue weighted by Gasteiger charge is 2.29. The molecule has 0 aliphatic heterocycles. The van der Waals surface area contributed by atoms with E-state index in [4.69, 9.17) is 27.9 Å². The summed E-state index contributed by atoms with van der Waals surface area (Å²) in [5, 5.41) is 3.47. The molecule has 0 aromatic heterocycles. The molecule has 1 amide bonds. The highest BCUT2D eigenvalue weighted by Crippen LogP contribution is 2.32. The van der Waals surface area contributed by atoms with Gasteiger partial charge in [-0.25, -0.2) is 12.8 Å². The van der Waals surface area contributed by atoms with Gasteiger partial charge in [-0.2, -0.15) is 11.8 Å². The van der Waals surface area contributed by atoms with E-state index in [0.29, 0.717) is 39.5 Å². The molecule has 0 aliphatic rings. The number of rotatable bonds is 12. The van der Waals surface area contributed by atoms with Gasteiger partial charge in [0.2, 0.25) is 5.91 Å². The standard InChI is InChI=1S/C25H25Cl2FN2O4S2/c1-2-34-24-9-4-3-8-23(24)30(36(32,33)19-12-10-18(26)11-13-19)16-25(31)29-14-15-35-17-20-21(27)6-5-7-22(20)28/h3-13H,2,14-17H2,1H3,(H,29,31). The number of carbonyl (C=O) groups excluding carboxylic acids is 1. The van der Waals surface area contributed by atoms with Crippen LogP contribution in [-0.2, 0) is 20.6 Å². The van der Waals surface area contributed by atoms with E-state index >= 15 is 0 Å². The Bertz CT molecular complexity index is 1270. The zero-order chi connectivity index (χ0) is 26.1. The topological polar surface area (TPSA) is 75.7 Å². The van der Waals surface area contributed by atoms with E-state index in [0.717, 1.165) is 4.31 Å². The SMILES string of the molecule is CCOc1ccccc1N(CC(=O)NCCSCc1c(F)cccc1Cl)S(=O)(=O)c1ccc(Cl)cc1. The molecule has 0 bridgehead atoms. The van der Waals surface area contributed by atoms with Crippen molar-refractivity contribution >= 4 is 56.6 Å². The number of hydrogen-bond donors (Lipinski definition) is 1. The van der Waals surface area contributed by atoms with Gasteiger partial charge < -0.3 is 10.1 Å². The fraction of sp³-hybridized carbons (Fsp3) is 0.240.